The second kappa shape index (κ2) is 6.88. The molecule has 0 aliphatic heterocycles. The largest absolute Gasteiger partial charge is 0.481 e. The number of carboxylic acid groups (broad SMARTS) is 1. The second-order valence-electron chi connectivity index (χ2n) is 4.19. The van der Waals surface area contributed by atoms with Crippen LogP contribution in [0.4, 0.5) is 0 Å². The molecule has 17 heavy (non-hydrogen) atoms. The Morgan fingerprint density at radius 2 is 1.71 bits per heavy atom. The monoisotopic (exact) mass is 245 g/mol. The van der Waals surface area contributed by atoms with Crippen LogP contribution < -0.4 is 5.32 Å². The van der Waals surface area contributed by atoms with Gasteiger partial charge in [-0.1, -0.05) is 6.92 Å². The van der Waals surface area contributed by atoms with Gasteiger partial charge in [-0.3, -0.25) is 14.4 Å². The number of nitrogens with one attached hydrogen (secondary N) is 1. The highest BCUT2D eigenvalue weighted by Gasteiger charge is 2.22. The molecule has 0 saturated carbocycles. The van der Waals surface area contributed by atoms with Gasteiger partial charge in [0.1, 0.15) is 5.92 Å². The number of carbonyl (C=O) groups excluding carboxylic acids is 2. The topological polar surface area (TPSA) is 92.7 Å². The van der Waals surface area contributed by atoms with Crippen molar-refractivity contribution >= 4 is 17.8 Å². The minimum Gasteiger partial charge on any atom is -0.481 e. The van der Waals surface area contributed by atoms with E-state index in [0.717, 1.165) is 0 Å². The standard InChI is InChI=1S/C11H19NO5/c1-6(2)17-11(16)7(3)5-12-9(13)8(4)10(14)15/h6-8H,5H2,1-4H3,(H,12,13)(H,14,15). The van der Waals surface area contributed by atoms with Gasteiger partial charge in [-0.25, -0.2) is 0 Å². The van der Waals surface area contributed by atoms with Crippen molar-refractivity contribution in [3.63, 3.8) is 0 Å². The molecule has 2 unspecified atom stereocenters. The van der Waals surface area contributed by atoms with Gasteiger partial charge >= 0.3 is 11.9 Å². The van der Waals surface area contributed by atoms with Crippen molar-refractivity contribution in [3.05, 3.63) is 0 Å². The van der Waals surface area contributed by atoms with Crippen molar-refractivity contribution in [3.8, 4) is 0 Å². The molecule has 0 radical (unpaired) electrons. The number of rotatable bonds is 6. The van der Waals surface area contributed by atoms with Gasteiger partial charge in [-0.05, 0) is 20.8 Å². The lowest BCUT2D eigenvalue weighted by molar-refractivity contribution is -0.151. The molecular weight excluding hydrogens is 226 g/mol. The summed E-state index contributed by atoms with van der Waals surface area (Å²) < 4.78 is 4.95. The van der Waals surface area contributed by atoms with E-state index in [1.54, 1.807) is 20.8 Å². The number of esters is 1. The van der Waals surface area contributed by atoms with Gasteiger partial charge in [0.05, 0.1) is 12.0 Å². The van der Waals surface area contributed by atoms with Crippen molar-refractivity contribution in [2.75, 3.05) is 6.54 Å². The van der Waals surface area contributed by atoms with Gasteiger partial charge in [0.25, 0.3) is 0 Å². The summed E-state index contributed by atoms with van der Waals surface area (Å²) in [7, 11) is 0. The maximum absolute atomic E-state index is 11.4. The van der Waals surface area contributed by atoms with E-state index in [-0.39, 0.29) is 12.6 Å². The van der Waals surface area contributed by atoms with Crippen LogP contribution in [0.5, 0.6) is 0 Å². The SMILES string of the molecule is CC(C)OC(=O)C(C)CNC(=O)C(C)C(=O)O. The van der Waals surface area contributed by atoms with Gasteiger partial charge < -0.3 is 15.2 Å². The number of hydrogen-bond donors (Lipinski definition) is 2. The maximum atomic E-state index is 11.4. The Labute approximate surface area is 100 Å². The molecule has 2 N–H and O–H groups in total. The third-order valence-electron chi connectivity index (χ3n) is 2.10. The number of aliphatic carboxylic acids is 1. The van der Waals surface area contributed by atoms with Crippen LogP contribution in [0.3, 0.4) is 0 Å². The highest BCUT2D eigenvalue weighted by atomic mass is 16.5. The summed E-state index contributed by atoms with van der Waals surface area (Å²) in [6.45, 7) is 6.43. The van der Waals surface area contributed by atoms with Crippen molar-refractivity contribution < 1.29 is 24.2 Å². The van der Waals surface area contributed by atoms with E-state index in [0.29, 0.717) is 0 Å². The average molecular weight is 245 g/mol. The molecule has 1 amide bonds. The summed E-state index contributed by atoms with van der Waals surface area (Å²) in [6.07, 6.45) is -0.210. The summed E-state index contributed by atoms with van der Waals surface area (Å²) in [6, 6.07) is 0. The summed E-state index contributed by atoms with van der Waals surface area (Å²) in [4.78, 5) is 33.2. The number of amides is 1. The first-order chi connectivity index (χ1) is 7.75. The molecule has 98 valence electrons. The average Bonchev–Trinajstić information content (AvgIpc) is 2.22. The minimum atomic E-state index is -1.19. The third-order valence-corrected chi connectivity index (χ3v) is 2.10. The quantitative estimate of drug-likeness (QED) is 0.522. The molecule has 0 aliphatic rings. The van der Waals surface area contributed by atoms with Crippen LogP contribution in [-0.4, -0.2) is 35.6 Å². The predicted molar refractivity (Wildman–Crippen MR) is 60.2 cm³/mol. The van der Waals surface area contributed by atoms with Crippen LogP contribution in [0.25, 0.3) is 0 Å². The van der Waals surface area contributed by atoms with Gasteiger partial charge in [-0.2, -0.15) is 0 Å². The van der Waals surface area contributed by atoms with Crippen molar-refractivity contribution in [2.24, 2.45) is 11.8 Å². The fraction of sp³-hybridized carbons (Fsp3) is 0.727. The van der Waals surface area contributed by atoms with Crippen LogP contribution in [0.2, 0.25) is 0 Å². The van der Waals surface area contributed by atoms with Gasteiger partial charge in [0, 0.05) is 6.54 Å². The summed E-state index contributed by atoms with van der Waals surface area (Å²) in [5, 5.41) is 11.0. The first kappa shape index (κ1) is 15.4. The molecule has 0 aliphatic carbocycles. The summed E-state index contributed by atoms with van der Waals surface area (Å²) in [5.41, 5.74) is 0. The van der Waals surface area contributed by atoms with E-state index in [2.05, 4.69) is 5.32 Å². The fourth-order valence-corrected chi connectivity index (χ4v) is 0.951. The third kappa shape index (κ3) is 5.89. The van der Waals surface area contributed by atoms with E-state index < -0.39 is 29.7 Å². The van der Waals surface area contributed by atoms with E-state index in [4.69, 9.17) is 9.84 Å². The molecule has 2 atom stereocenters. The number of carbonyl (C=O) groups is 3. The Hall–Kier alpha value is -1.59. The lowest BCUT2D eigenvalue weighted by Gasteiger charge is -2.15. The molecular formula is C11H19NO5. The Morgan fingerprint density at radius 3 is 2.12 bits per heavy atom. The van der Waals surface area contributed by atoms with Crippen molar-refractivity contribution in [2.45, 2.75) is 33.8 Å². The predicted octanol–water partition coefficient (Wildman–Crippen LogP) is 0.411. The molecule has 0 spiro atoms. The molecule has 0 aromatic rings. The van der Waals surface area contributed by atoms with Crippen LogP contribution in [0.15, 0.2) is 0 Å². The Kier molecular flexibility index (Phi) is 6.23. The number of hydrogen-bond acceptors (Lipinski definition) is 4. The lowest BCUT2D eigenvalue weighted by Crippen LogP contribution is -2.38. The minimum absolute atomic E-state index is 0.0714. The van der Waals surface area contributed by atoms with Crippen LogP contribution in [-0.2, 0) is 19.1 Å². The molecule has 0 aromatic carbocycles. The zero-order chi connectivity index (χ0) is 13.6. The zero-order valence-corrected chi connectivity index (χ0v) is 10.5. The van der Waals surface area contributed by atoms with Crippen molar-refractivity contribution in [1.82, 2.24) is 5.32 Å². The van der Waals surface area contributed by atoms with Crippen LogP contribution >= 0.6 is 0 Å². The fourth-order valence-electron chi connectivity index (χ4n) is 0.951. The molecule has 0 saturated heterocycles. The maximum Gasteiger partial charge on any atom is 0.315 e. The summed E-state index contributed by atoms with van der Waals surface area (Å²) in [5.74, 6) is -3.84. The molecule has 6 heteroatoms. The highest BCUT2D eigenvalue weighted by molar-refractivity contribution is 5.96. The smallest absolute Gasteiger partial charge is 0.315 e. The Morgan fingerprint density at radius 1 is 1.18 bits per heavy atom. The molecule has 0 fully saturated rings. The van der Waals surface area contributed by atoms with E-state index >= 15 is 0 Å². The molecule has 0 aromatic heterocycles. The second-order valence-corrected chi connectivity index (χ2v) is 4.19. The summed E-state index contributed by atoms with van der Waals surface area (Å²) >= 11 is 0. The zero-order valence-electron chi connectivity index (χ0n) is 10.5. The van der Waals surface area contributed by atoms with E-state index in [1.807, 2.05) is 0 Å². The van der Waals surface area contributed by atoms with Crippen LogP contribution in [0.1, 0.15) is 27.7 Å². The van der Waals surface area contributed by atoms with Crippen LogP contribution in [0, 0.1) is 11.8 Å². The number of carboxylic acids is 1. The Bertz CT molecular complexity index is 300. The van der Waals surface area contributed by atoms with Gasteiger partial charge in [0.2, 0.25) is 5.91 Å². The van der Waals surface area contributed by atoms with E-state index in [1.165, 1.54) is 6.92 Å². The van der Waals surface area contributed by atoms with Gasteiger partial charge in [-0.15, -0.1) is 0 Å². The molecule has 0 heterocycles. The first-order valence-corrected chi connectivity index (χ1v) is 5.46. The van der Waals surface area contributed by atoms with Gasteiger partial charge in [0.15, 0.2) is 0 Å². The normalized spacial score (nSPS) is 13.9. The molecule has 0 rings (SSSR count). The Balaban J connectivity index is 4.07. The first-order valence-electron chi connectivity index (χ1n) is 5.46. The number of ether oxygens (including phenoxy) is 1. The highest BCUT2D eigenvalue weighted by Crippen LogP contribution is 2.01. The lowest BCUT2D eigenvalue weighted by atomic mass is 10.1. The molecule has 0 bridgehead atoms. The van der Waals surface area contributed by atoms with Crippen molar-refractivity contribution in [1.29, 1.82) is 0 Å². The van der Waals surface area contributed by atoms with E-state index in [9.17, 15) is 14.4 Å². The molecule has 6 nitrogen and oxygen atoms in total.